The number of benzene rings is 1. The van der Waals surface area contributed by atoms with Gasteiger partial charge >= 0.3 is 0 Å². The number of fused-ring (bicyclic) bond motifs is 4. The van der Waals surface area contributed by atoms with Crippen molar-refractivity contribution in [1.29, 1.82) is 0 Å². The number of aliphatic imine (C=N–C) groups is 1. The number of hydrogen-bond acceptors (Lipinski definition) is 6. The minimum atomic E-state index is -0.0617. The number of nitrogens with zero attached hydrogens (tertiary/aromatic N) is 1. The van der Waals surface area contributed by atoms with Crippen LogP contribution in [-0.2, 0) is 20.6 Å². The van der Waals surface area contributed by atoms with E-state index in [0.29, 0.717) is 0 Å². The Morgan fingerprint density at radius 3 is 1.90 bits per heavy atom. The summed E-state index contributed by atoms with van der Waals surface area (Å²) in [5.74, 6) is 0. The van der Waals surface area contributed by atoms with Gasteiger partial charge in [0.05, 0.1) is 15.8 Å². The highest BCUT2D eigenvalue weighted by Gasteiger charge is 2.04. The van der Waals surface area contributed by atoms with E-state index in [1.807, 2.05) is 41.8 Å². The van der Waals surface area contributed by atoms with Crippen LogP contribution in [0.15, 0.2) is 98.8 Å². The fourth-order valence-corrected chi connectivity index (χ4v) is 6.96. The van der Waals surface area contributed by atoms with Crippen molar-refractivity contribution in [2.45, 2.75) is 0 Å². The largest absolute Gasteiger partial charge is 0.346 e. The maximum absolute atomic E-state index is 4.79. The molecule has 1 atom stereocenters. The molecule has 0 fully saturated rings. The van der Waals surface area contributed by atoms with Crippen molar-refractivity contribution < 1.29 is 0 Å². The molecule has 1 unspecified atom stereocenters. The number of hydrogen-bond donors (Lipinski definition) is 1. The summed E-state index contributed by atoms with van der Waals surface area (Å²) in [6, 6.07) is 20.6. The van der Waals surface area contributed by atoms with Crippen LogP contribution >= 0.6 is 45.3 Å². The van der Waals surface area contributed by atoms with Crippen LogP contribution in [0.1, 0.15) is 0 Å². The van der Waals surface area contributed by atoms with Crippen LogP contribution in [0.5, 0.6) is 0 Å². The summed E-state index contributed by atoms with van der Waals surface area (Å²) in [5, 5.41) is 11.8. The van der Waals surface area contributed by atoms with E-state index in [2.05, 4.69) is 55.8 Å². The van der Waals surface area contributed by atoms with Gasteiger partial charge in [-0.15, -0.1) is 45.3 Å². The standard InChI is InChI=1S/C8H5NS2.C6H4S2.C6H6.C3H3NS2/c1-3-11-8-5(1)7-6(9-8)2-4-10-7;1-3-7-6-2-4-8-5(1)6;1-2-4-6-5-3-1;5-6-2-1-4-3-6/h1-4,9H;1-4H;1-6H;1-3H. The number of aromatic nitrogens is 1. The van der Waals surface area contributed by atoms with Crippen LogP contribution < -0.4 is 0 Å². The van der Waals surface area contributed by atoms with Crippen molar-refractivity contribution in [2.75, 3.05) is 0 Å². The number of rotatable bonds is 0. The fourth-order valence-electron chi connectivity index (χ4n) is 2.63. The second kappa shape index (κ2) is 11.6. The minimum absolute atomic E-state index is 0.0617. The maximum atomic E-state index is 4.79. The molecule has 0 bridgehead atoms. The van der Waals surface area contributed by atoms with E-state index in [-0.39, 0.29) is 9.45 Å². The molecule has 0 radical (unpaired) electrons. The number of nitrogens with one attached hydrogen (secondary N) is 1. The zero-order chi connectivity index (χ0) is 21.3. The van der Waals surface area contributed by atoms with E-state index in [1.165, 1.54) is 29.8 Å². The highest BCUT2D eigenvalue weighted by molar-refractivity contribution is 8.38. The van der Waals surface area contributed by atoms with Crippen LogP contribution in [-0.4, -0.2) is 10.5 Å². The zero-order valence-electron chi connectivity index (χ0n) is 16.2. The first-order valence-corrected chi connectivity index (χ1v) is 15.0. The van der Waals surface area contributed by atoms with Crippen LogP contribution in [0.2, 0.25) is 0 Å². The summed E-state index contributed by atoms with van der Waals surface area (Å²) in [5.41, 5.74) is 3.03. The first-order valence-electron chi connectivity index (χ1n) is 9.24. The van der Waals surface area contributed by atoms with Crippen molar-refractivity contribution in [3.05, 3.63) is 93.8 Å². The predicted octanol–water partition coefficient (Wildman–Crippen LogP) is 8.67. The molecule has 0 aliphatic carbocycles. The Labute approximate surface area is 203 Å². The molecule has 0 saturated heterocycles. The van der Waals surface area contributed by atoms with Gasteiger partial charge in [-0.25, -0.2) is 0 Å². The number of aromatic amines is 1. The third kappa shape index (κ3) is 6.29. The Morgan fingerprint density at radius 2 is 1.35 bits per heavy atom. The van der Waals surface area contributed by atoms with Gasteiger partial charge in [-0.3, -0.25) is 4.99 Å². The fraction of sp³-hybridized carbons (Fsp3) is 0. The molecule has 5 aromatic heterocycles. The normalized spacial score (nSPS) is 14.0. The minimum Gasteiger partial charge on any atom is -0.346 e. The number of thiophene rings is 4. The van der Waals surface area contributed by atoms with E-state index < -0.39 is 0 Å². The Kier molecular flexibility index (Phi) is 8.34. The average molecular weight is 515 g/mol. The molecule has 1 aliphatic rings. The van der Waals surface area contributed by atoms with E-state index in [9.17, 15) is 0 Å². The van der Waals surface area contributed by atoms with E-state index in [1.54, 1.807) is 57.1 Å². The Morgan fingerprint density at radius 1 is 0.742 bits per heavy atom. The van der Waals surface area contributed by atoms with Crippen molar-refractivity contribution in [2.24, 2.45) is 4.99 Å². The molecule has 7 rings (SSSR count). The van der Waals surface area contributed by atoms with Crippen LogP contribution in [0.4, 0.5) is 0 Å². The molecule has 0 spiro atoms. The molecule has 1 aliphatic heterocycles. The first-order chi connectivity index (χ1) is 15.3. The lowest BCUT2D eigenvalue weighted by Crippen LogP contribution is -1.70. The molecule has 6 aromatic rings. The van der Waals surface area contributed by atoms with Crippen LogP contribution in [0, 0.1) is 0 Å². The van der Waals surface area contributed by atoms with Gasteiger partial charge in [0, 0.05) is 21.0 Å². The van der Waals surface area contributed by atoms with Gasteiger partial charge in [0.25, 0.3) is 0 Å². The molecule has 8 heteroatoms. The van der Waals surface area contributed by atoms with Gasteiger partial charge in [-0.2, -0.15) is 0 Å². The Balaban J connectivity index is 0.000000103. The number of H-pyrrole nitrogens is 1. The molecule has 1 aromatic carbocycles. The SMILES string of the molecule is S=S1C=CN=C1.c1cc2c([nH]c3ccsc32)s1.c1cc2sccc2s1.c1ccccc1. The molecular formula is C23H18N2S6. The highest BCUT2D eigenvalue weighted by atomic mass is 32.8. The molecule has 0 amide bonds. The predicted molar refractivity (Wildman–Crippen MR) is 150 cm³/mol. The summed E-state index contributed by atoms with van der Waals surface area (Å²) in [6.07, 6.45) is 1.73. The van der Waals surface area contributed by atoms with Gasteiger partial charge in [-0.05, 0) is 62.4 Å². The highest BCUT2D eigenvalue weighted by Crippen LogP contribution is 2.32. The van der Waals surface area contributed by atoms with Gasteiger partial charge in [0.15, 0.2) is 0 Å². The van der Waals surface area contributed by atoms with Crippen molar-refractivity contribution in [3.63, 3.8) is 0 Å². The average Bonchev–Trinajstić information content (AvgIpc) is 3.59. The second-order valence-corrected chi connectivity index (χ2v) is 12.1. The van der Waals surface area contributed by atoms with Crippen molar-refractivity contribution in [3.8, 4) is 0 Å². The van der Waals surface area contributed by atoms with E-state index >= 15 is 0 Å². The Hall–Kier alpha value is -1.94. The quantitative estimate of drug-likeness (QED) is 0.216. The molecule has 1 N–H and O–H groups in total. The topological polar surface area (TPSA) is 28.1 Å². The van der Waals surface area contributed by atoms with E-state index in [4.69, 9.17) is 11.2 Å². The zero-order valence-corrected chi connectivity index (χ0v) is 21.1. The van der Waals surface area contributed by atoms with E-state index in [0.717, 1.165) is 0 Å². The van der Waals surface area contributed by atoms with Crippen LogP contribution in [0.3, 0.4) is 0 Å². The lowest BCUT2D eigenvalue weighted by atomic mass is 10.4. The summed E-state index contributed by atoms with van der Waals surface area (Å²) in [4.78, 5) is 8.43. The van der Waals surface area contributed by atoms with Gasteiger partial charge in [-0.1, -0.05) is 45.9 Å². The molecular weight excluding hydrogens is 497 g/mol. The monoisotopic (exact) mass is 514 g/mol. The lowest BCUT2D eigenvalue weighted by Gasteiger charge is -1.71. The molecule has 0 saturated carbocycles. The third-order valence-corrected chi connectivity index (χ3v) is 8.99. The smallest absolute Gasteiger partial charge is 0.102 e. The van der Waals surface area contributed by atoms with Gasteiger partial charge < -0.3 is 4.98 Å². The lowest BCUT2D eigenvalue weighted by molar-refractivity contribution is 1.60. The van der Waals surface area contributed by atoms with Crippen LogP contribution in [0.25, 0.3) is 29.8 Å². The second-order valence-electron chi connectivity index (χ2n) is 6.04. The van der Waals surface area contributed by atoms with Gasteiger partial charge in [0.1, 0.15) is 4.83 Å². The molecule has 156 valence electrons. The molecule has 2 nitrogen and oxygen atoms in total. The molecule has 6 heterocycles. The molecule has 31 heavy (non-hydrogen) atoms. The summed E-state index contributed by atoms with van der Waals surface area (Å²) < 4.78 is 4.21. The third-order valence-electron chi connectivity index (χ3n) is 4.01. The Bertz CT molecular complexity index is 1270. The van der Waals surface area contributed by atoms with Gasteiger partial charge in [0.2, 0.25) is 0 Å². The summed E-state index contributed by atoms with van der Waals surface area (Å²) in [7, 11) is -0.0617. The summed E-state index contributed by atoms with van der Waals surface area (Å²) >= 11 is 12.0. The maximum Gasteiger partial charge on any atom is 0.102 e. The summed E-state index contributed by atoms with van der Waals surface area (Å²) in [6.45, 7) is 0. The first kappa shape index (κ1) is 22.3. The van der Waals surface area contributed by atoms with Crippen molar-refractivity contribution >= 4 is 101 Å². The van der Waals surface area contributed by atoms with Crippen molar-refractivity contribution in [1.82, 2.24) is 4.98 Å².